The zero-order valence-corrected chi connectivity index (χ0v) is 23.3. The number of carbonyl (C=O) groups is 3. The van der Waals surface area contributed by atoms with Crippen LogP contribution in [0.1, 0.15) is 44.2 Å². The molecule has 41 heavy (non-hydrogen) atoms. The molecule has 0 unspecified atom stereocenters. The van der Waals surface area contributed by atoms with E-state index in [2.05, 4.69) is 10.6 Å². The normalized spacial score (nSPS) is 19.9. The maximum atomic E-state index is 15.2. The molecular formula is C28H25Cl2FN4O6. The van der Waals surface area contributed by atoms with Crippen LogP contribution in [0.4, 0.5) is 15.8 Å². The van der Waals surface area contributed by atoms with Gasteiger partial charge in [0.15, 0.2) is 5.78 Å². The van der Waals surface area contributed by atoms with Crippen LogP contribution in [0, 0.1) is 22.9 Å². The molecule has 0 aliphatic carbocycles. The zero-order valence-electron chi connectivity index (χ0n) is 21.8. The minimum Gasteiger partial charge on any atom is -0.465 e. The monoisotopic (exact) mass is 602 g/mol. The van der Waals surface area contributed by atoms with Crippen molar-refractivity contribution in [2.45, 2.75) is 37.4 Å². The number of ether oxygens (including phenoxy) is 1. The molecule has 214 valence electrons. The molecule has 1 aliphatic rings. The number of aryl methyl sites for hydroxylation is 1. The number of nitrogens with one attached hydrogen (secondary N) is 2. The van der Waals surface area contributed by atoms with Crippen LogP contribution in [0.3, 0.4) is 0 Å². The highest BCUT2D eigenvalue weighted by molar-refractivity contribution is 6.31. The third-order valence-electron chi connectivity index (χ3n) is 7.00. The van der Waals surface area contributed by atoms with Gasteiger partial charge in [-0.05, 0) is 48.9 Å². The lowest BCUT2D eigenvalue weighted by Gasteiger charge is -2.21. The standard InChI is InChI=1S/C28H25Cl2FN4O6/c1-13-9-18(20(32)11-17(13)28(38)41-2)22(36)12-21-26(35(39)40)23(16-7-4-8-19(30)24(16)31)25(34-21)27(37)33-15-6-3-5-14(29)10-15/h3-11,21,23,25-26,34H,12,32H2,1-2H3,(H,33,37)/t21-,23+,25+,26+/m0/s1. The largest absolute Gasteiger partial charge is 0.465 e. The van der Waals surface area contributed by atoms with Gasteiger partial charge in [0.05, 0.1) is 29.7 Å². The molecule has 4 atom stereocenters. The predicted octanol–water partition coefficient (Wildman–Crippen LogP) is 4.79. The smallest absolute Gasteiger partial charge is 0.338 e. The summed E-state index contributed by atoms with van der Waals surface area (Å²) >= 11 is 12.0. The first-order valence-corrected chi connectivity index (χ1v) is 13.1. The van der Waals surface area contributed by atoms with Gasteiger partial charge in [-0.2, -0.15) is 0 Å². The maximum Gasteiger partial charge on any atom is 0.338 e. The second-order valence-corrected chi connectivity index (χ2v) is 10.4. The van der Waals surface area contributed by atoms with Gasteiger partial charge >= 0.3 is 5.97 Å². The van der Waals surface area contributed by atoms with E-state index in [0.717, 1.165) is 0 Å². The Morgan fingerprint density at radius 1 is 1.12 bits per heavy atom. The Morgan fingerprint density at radius 3 is 2.49 bits per heavy atom. The SMILES string of the molecule is COC(=O)c1cc(N)c(C(=O)C[C@@H]2N[C@@H](C(=O)Nc3cccc(Cl)c3)[C@@H](c3cccc(Cl)c3F)[C@@H]2[N+](=O)[O-])cc1C. The summed E-state index contributed by atoms with van der Waals surface area (Å²) in [7, 11) is 1.21. The number of halogens is 3. The topological polar surface area (TPSA) is 154 Å². The number of ketones is 1. The molecule has 13 heteroatoms. The summed E-state index contributed by atoms with van der Waals surface area (Å²) in [6.07, 6.45) is -0.452. The van der Waals surface area contributed by atoms with E-state index in [-0.39, 0.29) is 27.4 Å². The minimum atomic E-state index is -1.60. The fourth-order valence-corrected chi connectivity index (χ4v) is 5.48. The molecule has 0 saturated carbocycles. The van der Waals surface area contributed by atoms with E-state index >= 15 is 4.39 Å². The van der Waals surface area contributed by atoms with Crippen LogP contribution >= 0.6 is 23.2 Å². The highest BCUT2D eigenvalue weighted by atomic mass is 35.5. The molecule has 1 aliphatic heterocycles. The first kappa shape index (κ1) is 29.9. The average Bonchev–Trinajstić information content (AvgIpc) is 3.30. The van der Waals surface area contributed by atoms with Crippen molar-refractivity contribution in [3.63, 3.8) is 0 Å². The molecule has 0 radical (unpaired) electrons. The fraction of sp³-hybridized carbons (Fsp3) is 0.250. The molecular weight excluding hydrogens is 578 g/mol. The van der Waals surface area contributed by atoms with E-state index in [4.69, 9.17) is 33.7 Å². The second-order valence-electron chi connectivity index (χ2n) is 9.57. The number of amides is 1. The third-order valence-corrected chi connectivity index (χ3v) is 7.53. The van der Waals surface area contributed by atoms with E-state index in [0.29, 0.717) is 16.3 Å². The molecule has 0 aromatic heterocycles. The number of nitrogen functional groups attached to an aromatic ring is 1. The number of nitro groups is 1. The molecule has 10 nitrogen and oxygen atoms in total. The Labute approximate surface area is 244 Å². The van der Waals surface area contributed by atoms with Crippen molar-refractivity contribution >= 4 is 52.2 Å². The minimum absolute atomic E-state index is 0.0238. The van der Waals surface area contributed by atoms with Crippen LogP contribution in [0.2, 0.25) is 10.0 Å². The van der Waals surface area contributed by atoms with Crippen LogP contribution in [-0.2, 0) is 9.53 Å². The predicted molar refractivity (Wildman–Crippen MR) is 152 cm³/mol. The van der Waals surface area contributed by atoms with Crippen molar-refractivity contribution in [1.82, 2.24) is 5.32 Å². The zero-order chi connectivity index (χ0) is 30.0. The number of anilines is 2. The number of Topliss-reactive ketones (excluding diaryl/α,β-unsaturated/α-hetero) is 1. The first-order chi connectivity index (χ1) is 19.4. The van der Waals surface area contributed by atoms with Crippen LogP contribution in [0.25, 0.3) is 0 Å². The van der Waals surface area contributed by atoms with Crippen LogP contribution in [-0.4, -0.2) is 47.8 Å². The van der Waals surface area contributed by atoms with Gasteiger partial charge < -0.3 is 15.8 Å². The Morgan fingerprint density at radius 2 is 1.83 bits per heavy atom. The number of nitrogens with zero attached hydrogens (tertiary/aromatic N) is 1. The highest BCUT2D eigenvalue weighted by Gasteiger charge is 2.55. The van der Waals surface area contributed by atoms with E-state index in [9.17, 15) is 24.5 Å². The number of methoxy groups -OCH3 is 1. The molecule has 4 rings (SSSR count). The highest BCUT2D eigenvalue weighted by Crippen LogP contribution is 2.38. The van der Waals surface area contributed by atoms with Gasteiger partial charge in [0, 0.05) is 38.9 Å². The van der Waals surface area contributed by atoms with E-state index in [1.165, 1.54) is 43.5 Å². The Balaban J connectivity index is 1.72. The summed E-state index contributed by atoms with van der Waals surface area (Å²) in [6, 6.07) is 8.87. The summed E-state index contributed by atoms with van der Waals surface area (Å²) in [6.45, 7) is 1.59. The van der Waals surface area contributed by atoms with Crippen LogP contribution in [0.15, 0.2) is 54.6 Å². The lowest BCUT2D eigenvalue weighted by Crippen LogP contribution is -2.42. The summed E-state index contributed by atoms with van der Waals surface area (Å²) in [5, 5.41) is 18.0. The average molecular weight is 603 g/mol. The number of nitrogens with two attached hydrogens (primary N) is 1. The summed E-state index contributed by atoms with van der Waals surface area (Å²) in [4.78, 5) is 50.6. The number of hydrogen-bond acceptors (Lipinski definition) is 8. The maximum absolute atomic E-state index is 15.2. The molecule has 1 amide bonds. The molecule has 4 N–H and O–H groups in total. The van der Waals surface area contributed by atoms with E-state index < -0.39 is 58.9 Å². The Bertz CT molecular complexity index is 1550. The molecule has 0 spiro atoms. The van der Waals surface area contributed by atoms with Gasteiger partial charge in [-0.1, -0.05) is 41.4 Å². The number of carbonyl (C=O) groups excluding carboxylic acids is 3. The van der Waals surface area contributed by atoms with Crippen LogP contribution < -0.4 is 16.4 Å². The van der Waals surface area contributed by atoms with Crippen LogP contribution in [0.5, 0.6) is 0 Å². The number of esters is 1. The van der Waals surface area contributed by atoms with Gasteiger partial charge in [0.25, 0.3) is 0 Å². The van der Waals surface area contributed by atoms with Gasteiger partial charge in [0.1, 0.15) is 11.9 Å². The Kier molecular flexibility index (Phi) is 8.91. The third kappa shape index (κ3) is 6.17. The van der Waals surface area contributed by atoms with Gasteiger partial charge in [-0.25, -0.2) is 9.18 Å². The lowest BCUT2D eigenvalue weighted by molar-refractivity contribution is -0.526. The molecule has 3 aromatic rings. The van der Waals surface area contributed by atoms with Crippen molar-refractivity contribution in [3.05, 3.63) is 103 Å². The number of rotatable bonds is 8. The van der Waals surface area contributed by atoms with Crippen molar-refractivity contribution in [2.75, 3.05) is 18.2 Å². The number of hydrogen-bond donors (Lipinski definition) is 3. The summed E-state index contributed by atoms with van der Waals surface area (Å²) in [5.74, 6) is -4.15. The second kappa shape index (κ2) is 12.2. The molecule has 1 saturated heterocycles. The van der Waals surface area contributed by atoms with Crippen molar-refractivity contribution in [1.29, 1.82) is 0 Å². The van der Waals surface area contributed by atoms with E-state index in [1.54, 1.807) is 25.1 Å². The molecule has 1 fully saturated rings. The fourth-order valence-electron chi connectivity index (χ4n) is 5.11. The summed E-state index contributed by atoms with van der Waals surface area (Å²) in [5.41, 5.74) is 6.82. The van der Waals surface area contributed by atoms with Crippen molar-refractivity contribution in [3.8, 4) is 0 Å². The first-order valence-electron chi connectivity index (χ1n) is 12.3. The van der Waals surface area contributed by atoms with Crippen molar-refractivity contribution in [2.24, 2.45) is 0 Å². The number of benzene rings is 3. The van der Waals surface area contributed by atoms with Gasteiger partial charge in [0.2, 0.25) is 11.9 Å². The quantitative estimate of drug-likeness (QED) is 0.109. The summed E-state index contributed by atoms with van der Waals surface area (Å²) < 4.78 is 20.0. The lowest BCUT2D eigenvalue weighted by atomic mass is 9.84. The Hall–Kier alpha value is -4.06. The molecule has 3 aromatic carbocycles. The molecule has 0 bridgehead atoms. The molecule has 1 heterocycles. The van der Waals surface area contributed by atoms with Gasteiger partial charge in [-0.15, -0.1) is 0 Å². The van der Waals surface area contributed by atoms with Gasteiger partial charge in [-0.3, -0.25) is 25.0 Å². The van der Waals surface area contributed by atoms with E-state index in [1.807, 2.05) is 0 Å². The van der Waals surface area contributed by atoms with Crippen molar-refractivity contribution < 1.29 is 28.4 Å².